The maximum absolute atomic E-state index is 6.00. The van der Waals surface area contributed by atoms with Gasteiger partial charge in [0.05, 0.1) is 19.3 Å². The van der Waals surface area contributed by atoms with Crippen molar-refractivity contribution < 1.29 is 9.47 Å². The monoisotopic (exact) mass is 269 g/mol. The molecule has 1 aromatic rings. The topological polar surface area (TPSA) is 44.5 Å². The van der Waals surface area contributed by atoms with E-state index in [9.17, 15) is 0 Å². The minimum Gasteiger partial charge on any atom is -0.381 e. The van der Waals surface area contributed by atoms with Crippen LogP contribution in [-0.2, 0) is 9.47 Å². The van der Waals surface area contributed by atoms with Gasteiger partial charge in [-0.25, -0.2) is 0 Å². The molecule has 3 nitrogen and oxygen atoms in total. The molecule has 3 unspecified atom stereocenters. The summed E-state index contributed by atoms with van der Waals surface area (Å²) in [6, 6.07) is 7.64. The summed E-state index contributed by atoms with van der Waals surface area (Å²) < 4.78 is 11.3. The standard InChI is InChI=1S/C14H20ClNO2/c1-10(16)14(12-3-2-4-13(15)7-12)18-9-11-5-6-17-8-11/h2-4,7,10-11,14H,5-6,8-9,16H2,1H3. The largest absolute Gasteiger partial charge is 0.381 e. The first-order chi connectivity index (χ1) is 8.66. The van der Waals surface area contributed by atoms with Gasteiger partial charge in [-0.05, 0) is 31.0 Å². The van der Waals surface area contributed by atoms with Gasteiger partial charge in [0, 0.05) is 23.6 Å². The second-order valence-corrected chi connectivity index (χ2v) is 5.33. The third kappa shape index (κ3) is 3.69. The Morgan fingerprint density at radius 1 is 1.56 bits per heavy atom. The van der Waals surface area contributed by atoms with Crippen LogP contribution in [0.15, 0.2) is 24.3 Å². The Kier molecular flexibility index (Phi) is 5.01. The molecule has 4 heteroatoms. The first-order valence-corrected chi connectivity index (χ1v) is 6.75. The Balaban J connectivity index is 1.99. The lowest BCUT2D eigenvalue weighted by molar-refractivity contribution is 0.0134. The average Bonchev–Trinajstić information content (AvgIpc) is 2.82. The van der Waals surface area contributed by atoms with Gasteiger partial charge in [0.25, 0.3) is 0 Å². The fraction of sp³-hybridized carbons (Fsp3) is 0.571. The van der Waals surface area contributed by atoms with Gasteiger partial charge in [-0.1, -0.05) is 23.7 Å². The van der Waals surface area contributed by atoms with Crippen molar-refractivity contribution in [3.05, 3.63) is 34.9 Å². The Bertz CT molecular complexity index is 378. The predicted octanol–water partition coefficient (Wildman–Crippen LogP) is 2.78. The fourth-order valence-electron chi connectivity index (χ4n) is 2.19. The molecule has 0 amide bonds. The minimum absolute atomic E-state index is 0.0641. The number of benzene rings is 1. The molecule has 1 aliphatic rings. The van der Waals surface area contributed by atoms with Crippen LogP contribution >= 0.6 is 11.6 Å². The maximum Gasteiger partial charge on any atom is 0.0973 e. The van der Waals surface area contributed by atoms with Gasteiger partial charge in [0.1, 0.15) is 0 Å². The molecule has 0 bridgehead atoms. The zero-order valence-electron chi connectivity index (χ0n) is 10.6. The van der Waals surface area contributed by atoms with Crippen LogP contribution in [0.2, 0.25) is 5.02 Å². The van der Waals surface area contributed by atoms with E-state index in [1.165, 1.54) is 0 Å². The van der Waals surface area contributed by atoms with Crippen LogP contribution in [0.1, 0.15) is 25.0 Å². The molecule has 2 rings (SSSR count). The predicted molar refractivity (Wildman–Crippen MR) is 72.7 cm³/mol. The zero-order chi connectivity index (χ0) is 13.0. The molecule has 3 atom stereocenters. The summed E-state index contributed by atoms with van der Waals surface area (Å²) >= 11 is 6.00. The van der Waals surface area contributed by atoms with E-state index < -0.39 is 0 Å². The molecular weight excluding hydrogens is 250 g/mol. The van der Waals surface area contributed by atoms with E-state index in [0.29, 0.717) is 17.5 Å². The maximum atomic E-state index is 6.00. The van der Waals surface area contributed by atoms with E-state index in [-0.39, 0.29) is 12.1 Å². The molecule has 1 aromatic carbocycles. The smallest absolute Gasteiger partial charge is 0.0973 e. The average molecular weight is 270 g/mol. The number of ether oxygens (including phenoxy) is 2. The number of halogens is 1. The van der Waals surface area contributed by atoms with Crippen molar-refractivity contribution in [2.45, 2.75) is 25.5 Å². The molecule has 0 saturated carbocycles. The van der Waals surface area contributed by atoms with Crippen molar-refractivity contribution >= 4 is 11.6 Å². The highest BCUT2D eigenvalue weighted by molar-refractivity contribution is 6.30. The quantitative estimate of drug-likeness (QED) is 0.894. The van der Waals surface area contributed by atoms with E-state index in [1.54, 1.807) is 0 Å². The lowest BCUT2D eigenvalue weighted by atomic mass is 10.0. The third-order valence-electron chi connectivity index (χ3n) is 3.19. The molecule has 1 aliphatic heterocycles. The minimum atomic E-state index is -0.107. The molecule has 0 aromatic heterocycles. The lowest BCUT2D eigenvalue weighted by Gasteiger charge is -2.23. The fourth-order valence-corrected chi connectivity index (χ4v) is 2.39. The van der Waals surface area contributed by atoms with Crippen LogP contribution in [0, 0.1) is 5.92 Å². The van der Waals surface area contributed by atoms with Gasteiger partial charge in [0.15, 0.2) is 0 Å². The molecule has 1 heterocycles. The van der Waals surface area contributed by atoms with Gasteiger partial charge in [-0.15, -0.1) is 0 Å². The highest BCUT2D eigenvalue weighted by Gasteiger charge is 2.21. The molecule has 0 spiro atoms. The number of hydrogen-bond acceptors (Lipinski definition) is 3. The van der Waals surface area contributed by atoms with Crippen molar-refractivity contribution in [1.29, 1.82) is 0 Å². The first-order valence-electron chi connectivity index (χ1n) is 6.37. The van der Waals surface area contributed by atoms with Gasteiger partial charge in [-0.3, -0.25) is 0 Å². The Morgan fingerprint density at radius 2 is 2.39 bits per heavy atom. The Morgan fingerprint density at radius 3 is 3.00 bits per heavy atom. The normalized spacial score (nSPS) is 22.9. The summed E-state index contributed by atoms with van der Waals surface area (Å²) in [5.74, 6) is 0.491. The van der Waals surface area contributed by atoms with Crippen molar-refractivity contribution in [2.75, 3.05) is 19.8 Å². The summed E-state index contributed by atoms with van der Waals surface area (Å²) in [6.45, 7) is 4.28. The van der Waals surface area contributed by atoms with Crippen molar-refractivity contribution in [3.63, 3.8) is 0 Å². The summed E-state index contributed by atoms with van der Waals surface area (Å²) in [5, 5.41) is 0.714. The van der Waals surface area contributed by atoms with Crippen LogP contribution in [-0.4, -0.2) is 25.9 Å². The Labute approximate surface area is 113 Å². The van der Waals surface area contributed by atoms with Crippen LogP contribution < -0.4 is 5.73 Å². The Hall–Kier alpha value is -0.610. The van der Waals surface area contributed by atoms with Gasteiger partial charge >= 0.3 is 0 Å². The molecular formula is C14H20ClNO2. The third-order valence-corrected chi connectivity index (χ3v) is 3.43. The molecule has 100 valence electrons. The number of nitrogens with two attached hydrogens (primary N) is 1. The van der Waals surface area contributed by atoms with Crippen LogP contribution in [0.25, 0.3) is 0 Å². The van der Waals surface area contributed by atoms with Gasteiger partial charge < -0.3 is 15.2 Å². The summed E-state index contributed by atoms with van der Waals surface area (Å²) in [7, 11) is 0. The van der Waals surface area contributed by atoms with Crippen LogP contribution in [0.3, 0.4) is 0 Å². The van der Waals surface area contributed by atoms with E-state index >= 15 is 0 Å². The molecule has 2 N–H and O–H groups in total. The second-order valence-electron chi connectivity index (χ2n) is 4.90. The molecule has 0 radical (unpaired) electrons. The number of rotatable bonds is 5. The first kappa shape index (κ1) is 13.8. The number of hydrogen-bond donors (Lipinski definition) is 1. The van der Waals surface area contributed by atoms with E-state index in [0.717, 1.165) is 25.2 Å². The van der Waals surface area contributed by atoms with Crippen LogP contribution in [0.5, 0.6) is 0 Å². The van der Waals surface area contributed by atoms with Crippen molar-refractivity contribution in [3.8, 4) is 0 Å². The molecule has 1 fully saturated rings. The summed E-state index contributed by atoms with van der Waals surface area (Å²) in [4.78, 5) is 0. The highest BCUT2D eigenvalue weighted by atomic mass is 35.5. The SMILES string of the molecule is CC(N)C(OCC1CCOC1)c1cccc(Cl)c1. The van der Waals surface area contributed by atoms with Crippen molar-refractivity contribution in [1.82, 2.24) is 0 Å². The van der Waals surface area contributed by atoms with E-state index in [2.05, 4.69) is 0 Å². The molecule has 18 heavy (non-hydrogen) atoms. The van der Waals surface area contributed by atoms with E-state index in [1.807, 2.05) is 31.2 Å². The molecule has 0 aliphatic carbocycles. The van der Waals surface area contributed by atoms with Crippen LogP contribution in [0.4, 0.5) is 0 Å². The van der Waals surface area contributed by atoms with Gasteiger partial charge in [-0.2, -0.15) is 0 Å². The zero-order valence-corrected chi connectivity index (χ0v) is 11.4. The molecule has 1 saturated heterocycles. The highest BCUT2D eigenvalue weighted by Crippen LogP contribution is 2.25. The summed E-state index contributed by atoms with van der Waals surface area (Å²) in [6.07, 6.45) is 0.964. The second kappa shape index (κ2) is 6.53. The van der Waals surface area contributed by atoms with Crippen molar-refractivity contribution in [2.24, 2.45) is 11.7 Å². The van der Waals surface area contributed by atoms with E-state index in [4.69, 9.17) is 26.8 Å². The lowest BCUT2D eigenvalue weighted by Crippen LogP contribution is -2.28. The summed E-state index contributed by atoms with van der Waals surface area (Å²) in [5.41, 5.74) is 7.04. The van der Waals surface area contributed by atoms with Gasteiger partial charge in [0.2, 0.25) is 0 Å².